The summed E-state index contributed by atoms with van der Waals surface area (Å²) in [7, 11) is 0. The van der Waals surface area contributed by atoms with Crippen LogP contribution in [0.1, 0.15) is 23.7 Å². The van der Waals surface area contributed by atoms with Gasteiger partial charge in [-0.15, -0.1) is 11.8 Å². The molecule has 0 aromatic heterocycles. The van der Waals surface area contributed by atoms with Gasteiger partial charge >= 0.3 is 0 Å². The van der Waals surface area contributed by atoms with Crippen LogP contribution in [0.15, 0.2) is 23.1 Å². The van der Waals surface area contributed by atoms with E-state index in [-0.39, 0.29) is 6.17 Å². The molecule has 0 spiro atoms. The van der Waals surface area contributed by atoms with Crippen LogP contribution in [0.2, 0.25) is 0 Å². The molecule has 0 radical (unpaired) electrons. The maximum Gasteiger partial charge on any atom is 0.0784 e. The molecule has 0 atom stereocenters. The normalized spacial score (nSPS) is 15.9. The number of aryl methyl sites for hydroxylation is 1. The molecule has 2 nitrogen and oxygen atoms in total. The predicted molar refractivity (Wildman–Crippen MR) is 56.6 cm³/mol. The van der Waals surface area contributed by atoms with E-state index in [9.17, 15) is 0 Å². The molecule has 4 N–H and O–H groups in total. The highest BCUT2D eigenvalue weighted by Crippen LogP contribution is 2.30. The summed E-state index contributed by atoms with van der Waals surface area (Å²) in [6.45, 7) is 0. The molecule has 0 aliphatic carbocycles. The summed E-state index contributed by atoms with van der Waals surface area (Å²) in [5.74, 6) is 1.24. The molecule has 2 rings (SSSR count). The van der Waals surface area contributed by atoms with Gasteiger partial charge in [-0.1, -0.05) is 12.1 Å². The Balaban J connectivity index is 2.35. The third-order valence-electron chi connectivity index (χ3n) is 2.32. The summed E-state index contributed by atoms with van der Waals surface area (Å²) in [5, 5.41) is 0. The molecule has 0 saturated carbocycles. The first kappa shape index (κ1) is 9.06. The zero-order valence-corrected chi connectivity index (χ0v) is 8.31. The number of hydrogen-bond donors (Lipinski definition) is 2. The van der Waals surface area contributed by atoms with E-state index in [2.05, 4.69) is 12.1 Å². The van der Waals surface area contributed by atoms with Crippen LogP contribution in [-0.2, 0) is 6.42 Å². The van der Waals surface area contributed by atoms with Gasteiger partial charge in [0.25, 0.3) is 0 Å². The third-order valence-corrected chi connectivity index (χ3v) is 3.52. The zero-order valence-electron chi connectivity index (χ0n) is 7.49. The van der Waals surface area contributed by atoms with Gasteiger partial charge in [-0.2, -0.15) is 0 Å². The molecule has 0 fully saturated rings. The van der Waals surface area contributed by atoms with Crippen LogP contribution in [-0.4, -0.2) is 5.75 Å². The van der Waals surface area contributed by atoms with Crippen molar-refractivity contribution in [3.8, 4) is 0 Å². The molecule has 70 valence electrons. The summed E-state index contributed by atoms with van der Waals surface area (Å²) >= 11 is 1.93. The Kier molecular flexibility index (Phi) is 2.58. The second-order valence-corrected chi connectivity index (χ2v) is 4.48. The Morgan fingerprint density at radius 3 is 2.92 bits per heavy atom. The monoisotopic (exact) mass is 194 g/mol. The van der Waals surface area contributed by atoms with Crippen molar-refractivity contribution < 1.29 is 0 Å². The lowest BCUT2D eigenvalue weighted by Crippen LogP contribution is -2.20. The molecule has 13 heavy (non-hydrogen) atoms. The van der Waals surface area contributed by atoms with Crippen molar-refractivity contribution in [1.82, 2.24) is 0 Å². The first-order valence-electron chi connectivity index (χ1n) is 4.54. The molecule has 1 aliphatic rings. The lowest BCUT2D eigenvalue weighted by molar-refractivity contribution is 0.765. The number of thioether (sulfide) groups is 1. The van der Waals surface area contributed by atoms with Crippen LogP contribution >= 0.6 is 11.8 Å². The van der Waals surface area contributed by atoms with Gasteiger partial charge in [-0.3, -0.25) is 0 Å². The Labute approximate surface area is 82.7 Å². The zero-order chi connectivity index (χ0) is 9.26. The van der Waals surface area contributed by atoms with E-state index in [1.54, 1.807) is 0 Å². The average Bonchev–Trinajstić information content (AvgIpc) is 2.17. The number of fused-ring (bicyclic) bond motifs is 1. The van der Waals surface area contributed by atoms with Crippen molar-refractivity contribution >= 4 is 11.8 Å². The van der Waals surface area contributed by atoms with Crippen LogP contribution in [0.4, 0.5) is 0 Å². The highest BCUT2D eigenvalue weighted by Gasteiger charge is 2.10. The minimum atomic E-state index is -0.336. The van der Waals surface area contributed by atoms with Crippen molar-refractivity contribution in [3.63, 3.8) is 0 Å². The minimum absolute atomic E-state index is 0.336. The SMILES string of the molecule is NC(N)c1ccc2c(c1)CCCS2. The van der Waals surface area contributed by atoms with Crippen LogP contribution in [0.3, 0.4) is 0 Å². The maximum absolute atomic E-state index is 5.62. The molecule has 1 aliphatic heterocycles. The first-order chi connectivity index (χ1) is 6.27. The summed E-state index contributed by atoms with van der Waals surface area (Å²) in [6, 6.07) is 6.31. The van der Waals surface area contributed by atoms with Crippen molar-refractivity contribution in [1.29, 1.82) is 0 Å². The number of benzene rings is 1. The second-order valence-electron chi connectivity index (χ2n) is 3.34. The van der Waals surface area contributed by atoms with E-state index in [4.69, 9.17) is 11.5 Å². The molecule has 0 bridgehead atoms. The quantitative estimate of drug-likeness (QED) is 0.668. The Hall–Kier alpha value is -0.510. The highest BCUT2D eigenvalue weighted by molar-refractivity contribution is 7.99. The number of hydrogen-bond acceptors (Lipinski definition) is 3. The van der Waals surface area contributed by atoms with Crippen LogP contribution in [0.5, 0.6) is 0 Å². The predicted octanol–water partition coefficient (Wildman–Crippen LogP) is 1.64. The fraction of sp³-hybridized carbons (Fsp3) is 0.400. The molecular formula is C10H14N2S. The molecule has 3 heteroatoms. The highest BCUT2D eigenvalue weighted by atomic mass is 32.2. The van der Waals surface area contributed by atoms with Gasteiger partial charge in [-0.05, 0) is 35.8 Å². The molecule has 0 amide bonds. The number of nitrogens with two attached hydrogens (primary N) is 2. The van der Waals surface area contributed by atoms with Gasteiger partial charge in [-0.25, -0.2) is 0 Å². The summed E-state index contributed by atoms with van der Waals surface area (Å²) in [5.41, 5.74) is 13.7. The topological polar surface area (TPSA) is 52.0 Å². The molecule has 1 heterocycles. The fourth-order valence-corrected chi connectivity index (χ4v) is 2.61. The largest absolute Gasteiger partial charge is 0.312 e. The van der Waals surface area contributed by atoms with Crippen LogP contribution in [0, 0.1) is 0 Å². The van der Waals surface area contributed by atoms with Crippen LogP contribution in [0.25, 0.3) is 0 Å². The van der Waals surface area contributed by atoms with Gasteiger partial charge in [0.1, 0.15) is 0 Å². The third kappa shape index (κ3) is 1.88. The summed E-state index contributed by atoms with van der Waals surface area (Å²) in [6.07, 6.45) is 2.10. The van der Waals surface area contributed by atoms with E-state index in [1.807, 2.05) is 17.8 Å². The molecule has 0 unspecified atom stereocenters. The lowest BCUT2D eigenvalue weighted by atomic mass is 10.1. The first-order valence-corrected chi connectivity index (χ1v) is 5.53. The van der Waals surface area contributed by atoms with Gasteiger partial charge in [0.05, 0.1) is 6.17 Å². The second kappa shape index (κ2) is 3.70. The van der Waals surface area contributed by atoms with E-state index >= 15 is 0 Å². The lowest BCUT2D eigenvalue weighted by Gasteiger charge is -2.17. The minimum Gasteiger partial charge on any atom is -0.312 e. The average molecular weight is 194 g/mol. The van der Waals surface area contributed by atoms with Gasteiger partial charge < -0.3 is 11.5 Å². The smallest absolute Gasteiger partial charge is 0.0784 e. The van der Waals surface area contributed by atoms with Gasteiger partial charge in [0.2, 0.25) is 0 Å². The standard InChI is InChI=1S/C10H14N2S/c11-10(12)8-3-4-9-7(6-8)2-1-5-13-9/h3-4,6,10H,1-2,5,11-12H2. The Morgan fingerprint density at radius 2 is 2.15 bits per heavy atom. The summed E-state index contributed by atoms with van der Waals surface area (Å²) in [4.78, 5) is 1.40. The van der Waals surface area contributed by atoms with E-state index in [0.717, 1.165) is 5.56 Å². The van der Waals surface area contributed by atoms with Gasteiger partial charge in [0, 0.05) is 4.90 Å². The van der Waals surface area contributed by atoms with Crippen molar-refractivity contribution in [2.24, 2.45) is 11.5 Å². The Bertz CT molecular complexity index is 310. The van der Waals surface area contributed by atoms with Crippen molar-refractivity contribution in [2.75, 3.05) is 5.75 Å². The van der Waals surface area contributed by atoms with Crippen molar-refractivity contribution in [3.05, 3.63) is 29.3 Å². The van der Waals surface area contributed by atoms with E-state index in [0.29, 0.717) is 0 Å². The fourth-order valence-electron chi connectivity index (χ4n) is 1.59. The molecule has 1 aromatic rings. The number of rotatable bonds is 1. The van der Waals surface area contributed by atoms with E-state index in [1.165, 1.54) is 29.1 Å². The molecule has 1 aromatic carbocycles. The summed E-state index contributed by atoms with van der Waals surface area (Å²) < 4.78 is 0. The van der Waals surface area contributed by atoms with E-state index < -0.39 is 0 Å². The maximum atomic E-state index is 5.62. The molecular weight excluding hydrogens is 180 g/mol. The molecule has 0 saturated heterocycles. The van der Waals surface area contributed by atoms with Crippen LogP contribution < -0.4 is 11.5 Å². The van der Waals surface area contributed by atoms with Crippen molar-refractivity contribution in [2.45, 2.75) is 23.9 Å². The Morgan fingerprint density at radius 1 is 1.31 bits per heavy atom. The van der Waals surface area contributed by atoms with Gasteiger partial charge in [0.15, 0.2) is 0 Å².